The Labute approximate surface area is 85.5 Å². The fraction of sp³-hybridized carbons (Fsp3) is 0. The Morgan fingerprint density at radius 2 is 1.92 bits per heavy atom. The van der Waals surface area contributed by atoms with Crippen molar-refractivity contribution in [2.24, 2.45) is 5.14 Å². The topological polar surface area (TPSA) is 69.4 Å². The van der Waals surface area contributed by atoms with Crippen molar-refractivity contribution in [3.05, 3.63) is 28.2 Å². The maximum atomic E-state index is 10.5. The Balaban J connectivity index is 3.08. The highest BCUT2D eigenvalue weighted by Gasteiger charge is 2.09. The number of benzene rings is 1. The summed E-state index contributed by atoms with van der Waals surface area (Å²) in [6.45, 7) is 0. The monoisotopic (exact) mass is 241 g/mol. The summed E-state index contributed by atoms with van der Waals surface area (Å²) in [4.78, 5) is 0. The van der Waals surface area contributed by atoms with Crippen molar-refractivity contribution >= 4 is 33.5 Å². The first kappa shape index (κ1) is 10.6. The normalized spacial score (nSPS) is 11.3. The minimum Gasteiger partial charge on any atom is -0.369 e. The van der Waals surface area contributed by atoms with Crippen LogP contribution in [0.4, 0.5) is 0 Å². The van der Waals surface area contributed by atoms with Crippen LogP contribution in [0.3, 0.4) is 0 Å². The van der Waals surface area contributed by atoms with Crippen LogP contribution in [-0.4, -0.2) is 8.42 Å². The summed E-state index contributed by atoms with van der Waals surface area (Å²) in [6, 6.07) is 4.17. The maximum absolute atomic E-state index is 10.5. The molecule has 0 saturated heterocycles. The van der Waals surface area contributed by atoms with E-state index in [1.54, 1.807) is 0 Å². The first-order chi connectivity index (χ1) is 5.88. The number of hydrogen-bond donors (Lipinski definition) is 1. The van der Waals surface area contributed by atoms with Crippen LogP contribution in [0, 0.1) is 0 Å². The average Bonchev–Trinajstić information content (AvgIpc) is 1.94. The summed E-state index contributed by atoms with van der Waals surface area (Å²) < 4.78 is 25.4. The minimum absolute atomic E-state index is 0.0864. The molecule has 0 unspecified atom stereocenters. The van der Waals surface area contributed by atoms with Crippen LogP contribution < -0.4 is 9.32 Å². The highest BCUT2D eigenvalue weighted by atomic mass is 35.5. The highest BCUT2D eigenvalue weighted by molar-refractivity contribution is 7.84. The van der Waals surface area contributed by atoms with Gasteiger partial charge in [0.05, 0.1) is 5.02 Å². The Morgan fingerprint density at radius 1 is 1.31 bits per heavy atom. The van der Waals surface area contributed by atoms with Crippen molar-refractivity contribution < 1.29 is 12.6 Å². The second-order valence-electron chi connectivity index (χ2n) is 2.15. The van der Waals surface area contributed by atoms with Gasteiger partial charge in [0.15, 0.2) is 5.75 Å². The van der Waals surface area contributed by atoms with Gasteiger partial charge in [0.25, 0.3) is 0 Å². The van der Waals surface area contributed by atoms with Crippen LogP contribution in [-0.2, 0) is 10.3 Å². The van der Waals surface area contributed by atoms with Gasteiger partial charge in [0, 0.05) is 11.1 Å². The molecular weight excluding hydrogens is 237 g/mol. The third-order valence-electron chi connectivity index (χ3n) is 1.10. The molecule has 7 heteroatoms. The molecule has 0 radical (unpaired) electrons. The summed E-state index contributed by atoms with van der Waals surface area (Å²) in [5.74, 6) is -0.0864. The highest BCUT2D eigenvalue weighted by Crippen LogP contribution is 2.28. The van der Waals surface area contributed by atoms with Gasteiger partial charge in [-0.15, -0.1) is 0 Å². The molecule has 1 rings (SSSR count). The van der Waals surface area contributed by atoms with Gasteiger partial charge in [0.2, 0.25) is 0 Å². The van der Waals surface area contributed by atoms with Gasteiger partial charge in [-0.05, 0) is 12.1 Å². The summed E-state index contributed by atoms with van der Waals surface area (Å²) in [5.41, 5.74) is 0. The number of rotatable bonds is 2. The molecule has 1 aromatic carbocycles. The van der Waals surface area contributed by atoms with E-state index in [0.29, 0.717) is 5.02 Å². The summed E-state index contributed by atoms with van der Waals surface area (Å²) in [6.07, 6.45) is 0. The molecule has 0 amide bonds. The van der Waals surface area contributed by atoms with Gasteiger partial charge >= 0.3 is 10.3 Å². The molecule has 4 nitrogen and oxygen atoms in total. The molecule has 2 N–H and O–H groups in total. The van der Waals surface area contributed by atoms with Crippen LogP contribution in [0.1, 0.15) is 0 Å². The smallest absolute Gasteiger partial charge is 0.369 e. The van der Waals surface area contributed by atoms with Gasteiger partial charge in [-0.3, -0.25) is 0 Å². The Morgan fingerprint density at radius 3 is 2.46 bits per heavy atom. The van der Waals surface area contributed by atoms with E-state index in [1.807, 2.05) is 0 Å². The lowest BCUT2D eigenvalue weighted by Crippen LogP contribution is -2.19. The van der Waals surface area contributed by atoms with E-state index in [2.05, 4.69) is 9.32 Å². The van der Waals surface area contributed by atoms with Crippen molar-refractivity contribution in [3.8, 4) is 5.75 Å². The van der Waals surface area contributed by atoms with E-state index in [1.165, 1.54) is 18.2 Å². The fourth-order valence-electron chi connectivity index (χ4n) is 0.666. The quantitative estimate of drug-likeness (QED) is 0.855. The van der Waals surface area contributed by atoms with Crippen LogP contribution in [0.2, 0.25) is 10.0 Å². The first-order valence-corrected chi connectivity index (χ1v) is 5.28. The summed E-state index contributed by atoms with van der Waals surface area (Å²) in [5, 5.41) is 5.07. The van der Waals surface area contributed by atoms with E-state index in [0.717, 1.165) is 0 Å². The molecule has 0 bridgehead atoms. The zero-order valence-electron chi connectivity index (χ0n) is 6.20. The molecule has 0 atom stereocenters. The molecule has 0 aliphatic rings. The van der Waals surface area contributed by atoms with Gasteiger partial charge < -0.3 is 4.18 Å². The molecule has 0 fully saturated rings. The SMILES string of the molecule is NS(=O)(=O)Oc1cc(Cl)ccc1Cl. The van der Waals surface area contributed by atoms with Crippen molar-refractivity contribution in [1.82, 2.24) is 0 Å². The predicted octanol–water partition coefficient (Wildman–Crippen LogP) is 1.58. The summed E-state index contributed by atoms with van der Waals surface area (Å²) in [7, 11) is -4.06. The molecule has 72 valence electrons. The van der Waals surface area contributed by atoms with E-state index >= 15 is 0 Å². The van der Waals surface area contributed by atoms with E-state index in [4.69, 9.17) is 23.2 Å². The van der Waals surface area contributed by atoms with E-state index in [9.17, 15) is 8.42 Å². The van der Waals surface area contributed by atoms with Gasteiger partial charge in [-0.1, -0.05) is 23.2 Å². The standard InChI is InChI=1S/C6H5Cl2NO3S/c7-4-1-2-5(8)6(3-4)12-13(9,10)11/h1-3H,(H2,9,10,11). The molecule has 0 saturated carbocycles. The number of nitrogens with two attached hydrogens (primary N) is 1. The van der Waals surface area contributed by atoms with Gasteiger partial charge in [-0.25, -0.2) is 0 Å². The Hall–Kier alpha value is -0.490. The van der Waals surface area contributed by atoms with Crippen LogP contribution in [0.25, 0.3) is 0 Å². The lowest BCUT2D eigenvalue weighted by Gasteiger charge is -2.04. The van der Waals surface area contributed by atoms with E-state index < -0.39 is 10.3 Å². The Bertz CT molecular complexity index is 418. The zero-order valence-corrected chi connectivity index (χ0v) is 8.53. The van der Waals surface area contributed by atoms with Crippen LogP contribution >= 0.6 is 23.2 Å². The minimum atomic E-state index is -4.06. The number of halogens is 2. The van der Waals surface area contributed by atoms with Gasteiger partial charge in [0.1, 0.15) is 0 Å². The second kappa shape index (κ2) is 3.71. The molecule has 0 aliphatic carbocycles. The number of hydrogen-bond acceptors (Lipinski definition) is 3. The maximum Gasteiger partial charge on any atom is 0.380 e. The predicted molar refractivity (Wildman–Crippen MR) is 50.2 cm³/mol. The van der Waals surface area contributed by atoms with Gasteiger partial charge in [-0.2, -0.15) is 13.6 Å². The van der Waals surface area contributed by atoms with Crippen molar-refractivity contribution in [1.29, 1.82) is 0 Å². The third-order valence-corrected chi connectivity index (χ3v) is 2.06. The van der Waals surface area contributed by atoms with Crippen molar-refractivity contribution in [3.63, 3.8) is 0 Å². The lowest BCUT2D eigenvalue weighted by atomic mass is 10.3. The second-order valence-corrected chi connectivity index (χ2v) is 4.15. The summed E-state index contributed by atoms with van der Waals surface area (Å²) >= 11 is 11.2. The molecule has 0 aromatic heterocycles. The fourth-order valence-corrected chi connectivity index (χ4v) is 1.42. The molecule has 0 aliphatic heterocycles. The largest absolute Gasteiger partial charge is 0.380 e. The van der Waals surface area contributed by atoms with E-state index in [-0.39, 0.29) is 10.8 Å². The molecule has 13 heavy (non-hydrogen) atoms. The molecule has 1 aromatic rings. The van der Waals surface area contributed by atoms with Crippen molar-refractivity contribution in [2.45, 2.75) is 0 Å². The molecule has 0 spiro atoms. The molecule has 0 heterocycles. The average molecular weight is 242 g/mol. The Kier molecular flexibility index (Phi) is 3.02. The van der Waals surface area contributed by atoms with Crippen molar-refractivity contribution in [2.75, 3.05) is 0 Å². The zero-order chi connectivity index (χ0) is 10.1. The first-order valence-electron chi connectivity index (χ1n) is 3.06. The lowest BCUT2D eigenvalue weighted by molar-refractivity contribution is 0.488. The molecular formula is C6H5Cl2NO3S. The third kappa shape index (κ3) is 3.40. The van der Waals surface area contributed by atoms with Crippen LogP contribution in [0.5, 0.6) is 5.75 Å². The van der Waals surface area contributed by atoms with Crippen LogP contribution in [0.15, 0.2) is 18.2 Å².